The van der Waals surface area contributed by atoms with E-state index in [9.17, 15) is 9.59 Å². The zero-order chi connectivity index (χ0) is 18.6. The minimum atomic E-state index is -0.562. The molecule has 1 aromatic heterocycles. The van der Waals surface area contributed by atoms with Crippen LogP contribution in [0.25, 0.3) is 5.69 Å². The summed E-state index contributed by atoms with van der Waals surface area (Å²) in [6.45, 7) is 5.86. The van der Waals surface area contributed by atoms with E-state index in [1.54, 1.807) is 11.7 Å². The molecule has 1 heterocycles. The van der Waals surface area contributed by atoms with Gasteiger partial charge in [0, 0.05) is 11.5 Å². The zero-order valence-electron chi connectivity index (χ0n) is 14.8. The molecule has 2 aromatic rings. The van der Waals surface area contributed by atoms with Crippen LogP contribution in [0, 0.1) is 12.8 Å². The molecule has 0 aliphatic carbocycles. The average Bonchev–Trinajstić information content (AvgIpc) is 2.95. The first-order chi connectivity index (χ1) is 11.8. The molecule has 25 heavy (non-hydrogen) atoms. The van der Waals surface area contributed by atoms with Crippen LogP contribution < -0.4 is 10.6 Å². The monoisotopic (exact) mass is 406 g/mol. The third-order valence-electron chi connectivity index (χ3n) is 3.90. The predicted molar refractivity (Wildman–Crippen MR) is 101 cm³/mol. The predicted octanol–water partition coefficient (Wildman–Crippen LogP) is 2.83. The second-order valence-corrected chi connectivity index (χ2v) is 7.22. The van der Waals surface area contributed by atoms with Crippen LogP contribution in [0.4, 0.5) is 0 Å². The van der Waals surface area contributed by atoms with Crippen molar-refractivity contribution in [3.05, 3.63) is 46.2 Å². The highest BCUT2D eigenvalue weighted by atomic mass is 79.9. The summed E-state index contributed by atoms with van der Waals surface area (Å²) in [6, 6.07) is 7.10. The van der Waals surface area contributed by atoms with Gasteiger partial charge >= 0.3 is 0 Å². The van der Waals surface area contributed by atoms with Gasteiger partial charge in [0.1, 0.15) is 6.04 Å². The lowest BCUT2D eigenvalue weighted by Gasteiger charge is -2.19. The molecule has 0 saturated carbocycles. The third-order valence-corrected chi connectivity index (χ3v) is 4.43. The van der Waals surface area contributed by atoms with E-state index in [0.717, 1.165) is 15.9 Å². The number of carbonyl (C=O) groups is 2. The largest absolute Gasteiger partial charge is 0.357 e. The number of aromatic nitrogens is 2. The van der Waals surface area contributed by atoms with Crippen LogP contribution in [0.15, 0.2) is 34.9 Å². The fourth-order valence-corrected chi connectivity index (χ4v) is 2.85. The lowest BCUT2D eigenvalue weighted by Crippen LogP contribution is -2.46. The number of likely N-dealkylation sites (N-methyl/N-ethyl adjacent to an activating group) is 1. The Kier molecular flexibility index (Phi) is 6.36. The Bertz CT molecular complexity index is 753. The summed E-state index contributed by atoms with van der Waals surface area (Å²) in [6.07, 6.45) is 2.11. The van der Waals surface area contributed by atoms with E-state index >= 15 is 0 Å². The zero-order valence-corrected chi connectivity index (χ0v) is 16.4. The first kappa shape index (κ1) is 19.2. The van der Waals surface area contributed by atoms with Gasteiger partial charge in [-0.2, -0.15) is 5.10 Å². The van der Waals surface area contributed by atoms with Crippen molar-refractivity contribution in [1.29, 1.82) is 0 Å². The molecule has 0 saturated heterocycles. The molecule has 134 valence electrons. The number of halogens is 1. The van der Waals surface area contributed by atoms with Crippen LogP contribution >= 0.6 is 15.9 Å². The molecule has 2 N–H and O–H groups in total. The smallest absolute Gasteiger partial charge is 0.255 e. The van der Waals surface area contributed by atoms with E-state index in [1.165, 1.54) is 6.20 Å². The van der Waals surface area contributed by atoms with Gasteiger partial charge in [-0.1, -0.05) is 29.8 Å². The minimum Gasteiger partial charge on any atom is -0.357 e. The van der Waals surface area contributed by atoms with Crippen molar-refractivity contribution in [2.75, 3.05) is 7.05 Å². The summed E-state index contributed by atoms with van der Waals surface area (Å²) < 4.78 is 2.68. The van der Waals surface area contributed by atoms with Crippen molar-refractivity contribution in [3.8, 4) is 5.69 Å². The number of rotatable bonds is 6. The number of hydrogen-bond acceptors (Lipinski definition) is 3. The van der Waals surface area contributed by atoms with Gasteiger partial charge in [0.2, 0.25) is 5.91 Å². The van der Waals surface area contributed by atoms with E-state index < -0.39 is 6.04 Å². The highest BCUT2D eigenvalue weighted by Gasteiger charge is 2.23. The first-order valence-corrected chi connectivity index (χ1v) is 8.95. The van der Waals surface area contributed by atoms with Crippen LogP contribution in [-0.2, 0) is 4.79 Å². The second kappa shape index (κ2) is 8.29. The van der Waals surface area contributed by atoms with Crippen molar-refractivity contribution in [2.45, 2.75) is 33.2 Å². The maximum Gasteiger partial charge on any atom is 0.255 e. The minimum absolute atomic E-state index is 0.194. The first-order valence-electron chi connectivity index (χ1n) is 8.16. The van der Waals surface area contributed by atoms with Crippen molar-refractivity contribution >= 4 is 27.7 Å². The molecular formula is C18H23BrN4O2. The number of nitrogens with one attached hydrogen (secondary N) is 2. The summed E-state index contributed by atoms with van der Waals surface area (Å²) in [4.78, 5) is 24.6. The summed E-state index contributed by atoms with van der Waals surface area (Å²) in [5.74, 6) is -0.204. The summed E-state index contributed by atoms with van der Waals surface area (Å²) in [5, 5.41) is 9.73. The van der Waals surface area contributed by atoms with E-state index in [2.05, 4.69) is 31.7 Å². The molecule has 2 amide bonds. The van der Waals surface area contributed by atoms with Gasteiger partial charge in [0.15, 0.2) is 0 Å². The topological polar surface area (TPSA) is 76.0 Å². The fourth-order valence-electron chi connectivity index (χ4n) is 2.59. The van der Waals surface area contributed by atoms with E-state index in [4.69, 9.17) is 0 Å². The molecule has 0 bridgehead atoms. The Morgan fingerprint density at radius 3 is 2.44 bits per heavy atom. The van der Waals surface area contributed by atoms with Crippen molar-refractivity contribution < 1.29 is 9.59 Å². The Morgan fingerprint density at radius 1 is 1.24 bits per heavy atom. The van der Waals surface area contributed by atoms with Gasteiger partial charge in [-0.05, 0) is 43.5 Å². The van der Waals surface area contributed by atoms with Crippen LogP contribution in [0.1, 0.15) is 36.3 Å². The molecule has 0 unspecified atom stereocenters. The lowest BCUT2D eigenvalue weighted by atomic mass is 10.0. The van der Waals surface area contributed by atoms with Crippen molar-refractivity contribution in [2.24, 2.45) is 5.92 Å². The molecule has 2 rings (SSSR count). The van der Waals surface area contributed by atoms with Gasteiger partial charge in [0.05, 0.1) is 23.1 Å². The quantitative estimate of drug-likeness (QED) is 0.773. The van der Waals surface area contributed by atoms with Crippen LogP contribution in [0.5, 0.6) is 0 Å². The summed E-state index contributed by atoms with van der Waals surface area (Å²) >= 11 is 3.40. The number of amides is 2. The van der Waals surface area contributed by atoms with Gasteiger partial charge in [-0.15, -0.1) is 0 Å². The van der Waals surface area contributed by atoms with Crippen molar-refractivity contribution in [3.63, 3.8) is 0 Å². The number of hydrogen-bond donors (Lipinski definition) is 2. The molecule has 0 radical (unpaired) electrons. The van der Waals surface area contributed by atoms with E-state index in [1.807, 2.05) is 45.0 Å². The lowest BCUT2D eigenvalue weighted by molar-refractivity contribution is -0.122. The normalized spacial score (nSPS) is 12.1. The molecule has 1 atom stereocenters. The molecule has 0 spiro atoms. The van der Waals surface area contributed by atoms with E-state index in [0.29, 0.717) is 12.0 Å². The summed E-state index contributed by atoms with van der Waals surface area (Å²) in [7, 11) is 1.57. The van der Waals surface area contributed by atoms with Crippen LogP contribution in [-0.4, -0.2) is 34.7 Å². The van der Waals surface area contributed by atoms with Crippen molar-refractivity contribution in [1.82, 2.24) is 20.4 Å². The highest BCUT2D eigenvalue weighted by molar-refractivity contribution is 9.10. The summed E-state index contributed by atoms with van der Waals surface area (Å²) in [5.41, 5.74) is 2.05. The van der Waals surface area contributed by atoms with Crippen LogP contribution in [0.2, 0.25) is 0 Å². The maximum atomic E-state index is 12.6. The molecule has 1 aromatic carbocycles. The Morgan fingerprint density at radius 2 is 1.88 bits per heavy atom. The second-order valence-electron chi connectivity index (χ2n) is 6.30. The third kappa shape index (κ3) is 4.69. The van der Waals surface area contributed by atoms with E-state index in [-0.39, 0.29) is 17.7 Å². The number of benzene rings is 1. The van der Waals surface area contributed by atoms with Gasteiger partial charge < -0.3 is 10.6 Å². The highest BCUT2D eigenvalue weighted by Crippen LogP contribution is 2.17. The molecule has 7 heteroatoms. The van der Waals surface area contributed by atoms with Gasteiger partial charge in [0.25, 0.3) is 5.91 Å². The molecule has 0 fully saturated rings. The molecule has 6 nitrogen and oxygen atoms in total. The maximum absolute atomic E-state index is 12.6. The Hall–Kier alpha value is -2.15. The average molecular weight is 407 g/mol. The molecule has 0 aliphatic rings. The van der Waals surface area contributed by atoms with Crippen LogP contribution in [0.3, 0.4) is 0 Å². The number of carbonyl (C=O) groups excluding carboxylic acids is 2. The van der Waals surface area contributed by atoms with Gasteiger partial charge in [-0.25, -0.2) is 4.68 Å². The fraction of sp³-hybridized carbons (Fsp3) is 0.389. The Labute approximate surface area is 156 Å². The number of nitrogens with zero attached hydrogens (tertiary/aromatic N) is 2. The van der Waals surface area contributed by atoms with Gasteiger partial charge in [-0.3, -0.25) is 9.59 Å². The standard InChI is InChI=1S/C18H23BrN4O2/c1-11(2)9-16(18(25)20-4)22-17(24)15-10-21-23(12(15)3)14-7-5-13(19)6-8-14/h5-8,10-11,16H,9H2,1-4H3,(H,20,25)(H,22,24)/t16-/m0/s1. The SMILES string of the molecule is CNC(=O)[C@H](CC(C)C)NC(=O)c1cnn(-c2ccc(Br)cc2)c1C. The Balaban J connectivity index is 2.22. The molecular weight excluding hydrogens is 384 g/mol. The molecule has 0 aliphatic heterocycles.